The molecule has 0 heterocycles. The number of benzene rings is 1. The van der Waals surface area contributed by atoms with Gasteiger partial charge in [0.15, 0.2) is 11.6 Å². The Morgan fingerprint density at radius 1 is 1.39 bits per heavy atom. The molecule has 18 heavy (non-hydrogen) atoms. The number of carboxylic acids is 1. The van der Waals surface area contributed by atoms with E-state index in [1.54, 1.807) is 0 Å². The van der Waals surface area contributed by atoms with Crippen LogP contribution in [0.4, 0.5) is 13.2 Å². The molecule has 0 radical (unpaired) electrons. The minimum atomic E-state index is -3.01. The molecule has 0 saturated heterocycles. The molecule has 0 atom stereocenters. The Morgan fingerprint density at radius 2 is 2.00 bits per heavy atom. The fourth-order valence-electron chi connectivity index (χ4n) is 2.27. The molecule has 0 aromatic heterocycles. The fraction of sp³-hybridized carbons (Fsp3) is 0.417. The van der Waals surface area contributed by atoms with Crippen LogP contribution in [0.1, 0.15) is 18.4 Å². The number of carboxylic acid groups (broad SMARTS) is 1. The summed E-state index contributed by atoms with van der Waals surface area (Å²) in [5.74, 6) is -5.18. The summed E-state index contributed by atoms with van der Waals surface area (Å²) in [6, 6.07) is 3.50. The van der Waals surface area contributed by atoms with Gasteiger partial charge in [-0.1, -0.05) is 6.07 Å². The van der Waals surface area contributed by atoms with Crippen LogP contribution in [0.25, 0.3) is 0 Å². The van der Waals surface area contributed by atoms with E-state index in [-0.39, 0.29) is 11.3 Å². The summed E-state index contributed by atoms with van der Waals surface area (Å²) in [5, 5.41) is 9.10. The molecule has 0 unspecified atom stereocenters. The van der Waals surface area contributed by atoms with Crippen LogP contribution in [0.2, 0.25) is 0 Å². The summed E-state index contributed by atoms with van der Waals surface area (Å²) in [5.41, 5.74) is -1.66. The highest BCUT2D eigenvalue weighted by atomic mass is 19.3. The van der Waals surface area contributed by atoms with Crippen LogP contribution in [0.3, 0.4) is 0 Å². The summed E-state index contributed by atoms with van der Waals surface area (Å²) >= 11 is 0. The van der Waals surface area contributed by atoms with Gasteiger partial charge in [-0.05, 0) is 17.7 Å². The van der Waals surface area contributed by atoms with Gasteiger partial charge < -0.3 is 9.84 Å². The van der Waals surface area contributed by atoms with Crippen LogP contribution in [0.5, 0.6) is 5.75 Å². The summed E-state index contributed by atoms with van der Waals surface area (Å²) in [7, 11) is 1.27. The first kappa shape index (κ1) is 12.7. The minimum absolute atomic E-state index is 0.0409. The molecule has 2 rings (SSSR count). The highest BCUT2D eigenvalue weighted by molar-refractivity contribution is 5.83. The van der Waals surface area contributed by atoms with Crippen LogP contribution in [-0.4, -0.2) is 24.1 Å². The van der Waals surface area contributed by atoms with Gasteiger partial charge in [-0.15, -0.1) is 0 Å². The van der Waals surface area contributed by atoms with Gasteiger partial charge in [-0.3, -0.25) is 4.79 Å². The van der Waals surface area contributed by atoms with E-state index in [1.165, 1.54) is 19.2 Å². The number of aliphatic carboxylic acids is 1. The van der Waals surface area contributed by atoms with Crippen LogP contribution >= 0.6 is 0 Å². The molecule has 0 spiro atoms. The zero-order valence-electron chi connectivity index (χ0n) is 9.54. The molecule has 1 aliphatic rings. The molecular formula is C12H11F3O3. The highest BCUT2D eigenvalue weighted by Gasteiger charge is 2.62. The summed E-state index contributed by atoms with van der Waals surface area (Å²) in [6.45, 7) is 0. The molecule has 1 aromatic carbocycles. The molecule has 0 bridgehead atoms. The van der Waals surface area contributed by atoms with E-state index in [1.807, 2.05) is 0 Å². The van der Waals surface area contributed by atoms with E-state index < -0.39 is 36.0 Å². The average Bonchev–Trinajstić information content (AvgIpc) is 2.24. The summed E-state index contributed by atoms with van der Waals surface area (Å²) in [6.07, 6.45) is -1.61. The second-order valence-electron chi connectivity index (χ2n) is 4.45. The van der Waals surface area contributed by atoms with Crippen LogP contribution in [0, 0.1) is 5.82 Å². The van der Waals surface area contributed by atoms with Crippen molar-refractivity contribution in [3.8, 4) is 5.75 Å². The molecule has 1 aromatic rings. The average molecular weight is 260 g/mol. The number of rotatable bonds is 3. The number of carbonyl (C=O) groups is 1. The Hall–Kier alpha value is -1.72. The molecule has 6 heteroatoms. The van der Waals surface area contributed by atoms with E-state index in [2.05, 4.69) is 0 Å². The minimum Gasteiger partial charge on any atom is -0.494 e. The van der Waals surface area contributed by atoms with Crippen molar-refractivity contribution >= 4 is 5.97 Å². The lowest BCUT2D eigenvalue weighted by Crippen LogP contribution is -2.54. The van der Waals surface area contributed by atoms with Crippen molar-refractivity contribution in [3.05, 3.63) is 29.6 Å². The molecule has 1 fully saturated rings. The van der Waals surface area contributed by atoms with E-state index in [4.69, 9.17) is 9.84 Å². The van der Waals surface area contributed by atoms with Gasteiger partial charge in [0.2, 0.25) is 0 Å². The van der Waals surface area contributed by atoms with E-state index in [0.29, 0.717) is 0 Å². The predicted molar refractivity (Wildman–Crippen MR) is 56.4 cm³/mol. The summed E-state index contributed by atoms with van der Waals surface area (Å²) < 4.78 is 44.1. The molecule has 1 saturated carbocycles. The number of hydrogen-bond donors (Lipinski definition) is 1. The topological polar surface area (TPSA) is 46.5 Å². The largest absolute Gasteiger partial charge is 0.494 e. The van der Waals surface area contributed by atoms with Crippen molar-refractivity contribution in [1.82, 2.24) is 0 Å². The van der Waals surface area contributed by atoms with Crippen molar-refractivity contribution in [3.63, 3.8) is 0 Å². The smallest absolute Gasteiger partial charge is 0.314 e. The lowest BCUT2D eigenvalue weighted by molar-refractivity contribution is -0.174. The highest BCUT2D eigenvalue weighted by Crippen LogP contribution is 2.53. The Balaban J connectivity index is 2.40. The molecule has 1 aliphatic carbocycles. The molecule has 0 amide bonds. The van der Waals surface area contributed by atoms with Crippen molar-refractivity contribution in [1.29, 1.82) is 0 Å². The number of ether oxygens (including phenoxy) is 1. The maximum absolute atomic E-state index is 13.5. The lowest BCUT2D eigenvalue weighted by Gasteiger charge is -2.44. The standard InChI is InChI=1S/C12H11F3O3/c1-18-9-3-2-7(4-8(9)13)11(10(16)17)5-12(14,15)6-11/h2-4H,5-6H2,1H3,(H,16,17). The SMILES string of the molecule is COc1ccc(C2(C(=O)O)CC(F)(F)C2)cc1F. The van der Waals surface area contributed by atoms with Gasteiger partial charge in [0.25, 0.3) is 5.92 Å². The number of methoxy groups -OCH3 is 1. The first-order valence-electron chi connectivity index (χ1n) is 5.26. The normalized spacial score (nSPS) is 20.0. The first-order chi connectivity index (χ1) is 8.31. The van der Waals surface area contributed by atoms with E-state index in [9.17, 15) is 18.0 Å². The van der Waals surface area contributed by atoms with Gasteiger partial charge in [-0.25, -0.2) is 13.2 Å². The number of alkyl halides is 2. The third-order valence-corrected chi connectivity index (χ3v) is 3.23. The van der Waals surface area contributed by atoms with Crippen LogP contribution in [-0.2, 0) is 10.2 Å². The summed E-state index contributed by atoms with van der Waals surface area (Å²) in [4.78, 5) is 11.2. The van der Waals surface area contributed by atoms with Crippen LogP contribution < -0.4 is 4.74 Å². The maximum atomic E-state index is 13.5. The van der Waals surface area contributed by atoms with Crippen molar-refractivity contribution in [2.24, 2.45) is 0 Å². The predicted octanol–water partition coefficient (Wildman–Crippen LogP) is 2.59. The van der Waals surface area contributed by atoms with E-state index in [0.717, 1.165) is 6.07 Å². The fourth-order valence-corrected chi connectivity index (χ4v) is 2.27. The third kappa shape index (κ3) is 1.81. The first-order valence-corrected chi connectivity index (χ1v) is 5.26. The van der Waals surface area contributed by atoms with Crippen molar-refractivity contribution in [2.45, 2.75) is 24.2 Å². The number of hydrogen-bond acceptors (Lipinski definition) is 2. The Bertz CT molecular complexity index is 491. The number of halogens is 3. The van der Waals surface area contributed by atoms with E-state index >= 15 is 0 Å². The lowest BCUT2D eigenvalue weighted by atomic mass is 9.62. The Kier molecular flexibility index (Phi) is 2.76. The zero-order valence-corrected chi connectivity index (χ0v) is 9.54. The van der Waals surface area contributed by atoms with Gasteiger partial charge >= 0.3 is 5.97 Å². The molecule has 98 valence electrons. The molecule has 1 N–H and O–H groups in total. The Labute approximate surface area is 101 Å². The molecule has 3 nitrogen and oxygen atoms in total. The van der Waals surface area contributed by atoms with Gasteiger partial charge in [-0.2, -0.15) is 0 Å². The molecule has 0 aliphatic heterocycles. The Morgan fingerprint density at radius 3 is 2.39 bits per heavy atom. The van der Waals surface area contributed by atoms with Crippen LogP contribution in [0.15, 0.2) is 18.2 Å². The second kappa shape index (κ2) is 3.90. The van der Waals surface area contributed by atoms with Gasteiger partial charge in [0.1, 0.15) is 5.41 Å². The quantitative estimate of drug-likeness (QED) is 0.908. The monoisotopic (exact) mass is 260 g/mol. The van der Waals surface area contributed by atoms with Gasteiger partial charge in [0, 0.05) is 12.8 Å². The van der Waals surface area contributed by atoms with Gasteiger partial charge in [0.05, 0.1) is 7.11 Å². The third-order valence-electron chi connectivity index (χ3n) is 3.23. The van der Waals surface area contributed by atoms with Crippen molar-refractivity contribution < 1.29 is 27.8 Å². The zero-order chi connectivity index (χ0) is 13.6. The second-order valence-corrected chi connectivity index (χ2v) is 4.45. The van der Waals surface area contributed by atoms with Crippen molar-refractivity contribution in [2.75, 3.05) is 7.11 Å². The molecular weight excluding hydrogens is 249 g/mol. The maximum Gasteiger partial charge on any atom is 0.314 e.